The maximum Gasteiger partial charge on any atom is 0.449 e. The molecule has 3 N–H and O–H groups in total. The molecular formula is C36H35ClF3N3O4. The summed E-state index contributed by atoms with van der Waals surface area (Å²) in [7, 11) is 0. The highest BCUT2D eigenvalue weighted by Crippen LogP contribution is 2.37. The van der Waals surface area contributed by atoms with Crippen LogP contribution in [0, 0.1) is 11.8 Å². The van der Waals surface area contributed by atoms with Crippen LogP contribution in [-0.2, 0) is 34.3 Å². The number of allylic oxidation sites excluding steroid dienone is 3. The third kappa shape index (κ3) is 7.71. The Morgan fingerprint density at radius 3 is 2.43 bits per heavy atom. The van der Waals surface area contributed by atoms with E-state index in [-0.39, 0.29) is 36.3 Å². The molecule has 1 amide bonds. The highest BCUT2D eigenvalue weighted by molar-refractivity contribution is 6.31. The molecule has 1 fully saturated rings. The molecule has 1 aromatic heterocycles. The van der Waals surface area contributed by atoms with Gasteiger partial charge in [-0.05, 0) is 85.2 Å². The fourth-order valence-electron chi connectivity index (χ4n) is 5.25. The van der Waals surface area contributed by atoms with Gasteiger partial charge < -0.3 is 20.2 Å². The lowest BCUT2D eigenvalue weighted by Gasteiger charge is -2.25. The summed E-state index contributed by atoms with van der Waals surface area (Å²) in [5, 5.41) is 10.00. The van der Waals surface area contributed by atoms with E-state index in [0.717, 1.165) is 30.0 Å². The number of carboxylic acid groups (broad SMARTS) is 1. The van der Waals surface area contributed by atoms with Gasteiger partial charge in [0, 0.05) is 29.4 Å². The highest BCUT2D eigenvalue weighted by atomic mass is 35.5. The SMILES string of the molecule is CC1C=CC=N/C1=C(/C=C(N)C1CC1)C(=O)N(Cc1ccc(C(F)(F)F)o1)Cc1ccc(-c2cccc(C(C)(C)C(=O)O)c2)cc1Cl. The number of dihydropyridines is 1. The number of rotatable bonds is 10. The zero-order chi connectivity index (χ0) is 34.1. The number of amides is 1. The molecule has 0 bridgehead atoms. The molecule has 0 saturated heterocycles. The van der Waals surface area contributed by atoms with E-state index >= 15 is 0 Å². The van der Waals surface area contributed by atoms with Crippen LogP contribution in [0.2, 0.25) is 5.02 Å². The summed E-state index contributed by atoms with van der Waals surface area (Å²) in [4.78, 5) is 32.1. The second-order valence-corrected chi connectivity index (χ2v) is 12.8. The summed E-state index contributed by atoms with van der Waals surface area (Å²) < 4.78 is 45.2. The molecule has 1 atom stereocenters. The minimum absolute atomic E-state index is 0.0557. The van der Waals surface area contributed by atoms with Crippen molar-refractivity contribution in [3.05, 3.63) is 117 Å². The molecule has 11 heteroatoms. The van der Waals surface area contributed by atoms with Crippen molar-refractivity contribution < 1.29 is 32.3 Å². The van der Waals surface area contributed by atoms with Crippen molar-refractivity contribution in [2.24, 2.45) is 22.6 Å². The average Bonchev–Trinajstić information content (AvgIpc) is 3.77. The highest BCUT2D eigenvalue weighted by Gasteiger charge is 2.35. The number of aliphatic carboxylic acids is 1. The van der Waals surface area contributed by atoms with E-state index in [0.29, 0.717) is 27.5 Å². The van der Waals surface area contributed by atoms with Crippen molar-refractivity contribution in [3.8, 4) is 11.1 Å². The van der Waals surface area contributed by atoms with Crippen LogP contribution in [0.5, 0.6) is 0 Å². The van der Waals surface area contributed by atoms with Gasteiger partial charge in [-0.1, -0.05) is 61.0 Å². The Morgan fingerprint density at radius 2 is 1.81 bits per heavy atom. The minimum atomic E-state index is -4.68. The summed E-state index contributed by atoms with van der Waals surface area (Å²) in [6.07, 6.45) is 4.03. The summed E-state index contributed by atoms with van der Waals surface area (Å²) in [6.45, 7) is 4.81. The van der Waals surface area contributed by atoms with E-state index in [4.69, 9.17) is 21.8 Å². The Labute approximate surface area is 275 Å². The van der Waals surface area contributed by atoms with Gasteiger partial charge in [0.1, 0.15) is 5.76 Å². The van der Waals surface area contributed by atoms with Gasteiger partial charge in [0.05, 0.1) is 23.2 Å². The standard InChI is InChI=1S/C36H35ClF3N3O4/c1-21-6-5-15-42-32(21)28(18-30(41)22-9-10-22)33(44)43(20-27-13-14-31(47-27)36(38,39)40)19-25-12-11-24(17-29(25)37)23-7-4-8-26(16-23)35(2,3)34(45)46/h4-8,11-18,21-22H,9-10,19-20,41H2,1-3H3,(H,45,46)/b30-18?,32-28-. The van der Waals surface area contributed by atoms with Crippen LogP contribution in [-0.4, -0.2) is 28.1 Å². The molecule has 2 heterocycles. The van der Waals surface area contributed by atoms with Gasteiger partial charge >= 0.3 is 12.1 Å². The number of nitrogens with zero attached hydrogens (tertiary/aromatic N) is 2. The smallest absolute Gasteiger partial charge is 0.449 e. The number of carbonyl (C=O) groups excluding carboxylic acids is 1. The van der Waals surface area contributed by atoms with Crippen molar-refractivity contribution in [3.63, 3.8) is 0 Å². The van der Waals surface area contributed by atoms with E-state index in [1.165, 1.54) is 11.0 Å². The molecule has 7 nitrogen and oxygen atoms in total. The van der Waals surface area contributed by atoms with Gasteiger partial charge in [-0.25, -0.2) is 0 Å². The molecule has 47 heavy (non-hydrogen) atoms. The molecule has 5 rings (SSSR count). The number of alkyl halides is 3. The van der Waals surface area contributed by atoms with Crippen LogP contribution in [0.1, 0.15) is 56.3 Å². The zero-order valence-electron chi connectivity index (χ0n) is 26.1. The summed E-state index contributed by atoms with van der Waals surface area (Å²) >= 11 is 6.78. The van der Waals surface area contributed by atoms with Gasteiger partial charge in [0.15, 0.2) is 0 Å². The van der Waals surface area contributed by atoms with Crippen LogP contribution in [0.4, 0.5) is 13.2 Å². The third-order valence-corrected chi connectivity index (χ3v) is 8.79. The molecule has 2 aromatic carbocycles. The van der Waals surface area contributed by atoms with Crippen LogP contribution < -0.4 is 5.73 Å². The first-order valence-corrected chi connectivity index (χ1v) is 15.5. The number of nitrogens with two attached hydrogens (primary N) is 1. The molecular weight excluding hydrogens is 631 g/mol. The minimum Gasteiger partial charge on any atom is -0.481 e. The van der Waals surface area contributed by atoms with Crippen molar-refractivity contribution >= 4 is 29.7 Å². The molecule has 246 valence electrons. The molecule has 2 aliphatic rings. The van der Waals surface area contributed by atoms with E-state index in [1.807, 2.05) is 19.1 Å². The predicted molar refractivity (Wildman–Crippen MR) is 174 cm³/mol. The maximum absolute atomic E-state index is 14.4. The number of aliphatic imine (C=N–C) groups is 1. The number of benzene rings is 2. The lowest BCUT2D eigenvalue weighted by Crippen LogP contribution is -2.32. The van der Waals surface area contributed by atoms with Gasteiger partial charge in [-0.15, -0.1) is 0 Å². The number of halogens is 4. The summed E-state index contributed by atoms with van der Waals surface area (Å²) in [5.74, 6) is -2.72. The lowest BCUT2D eigenvalue weighted by molar-refractivity contribution is -0.153. The lowest BCUT2D eigenvalue weighted by atomic mass is 9.83. The largest absolute Gasteiger partial charge is 0.481 e. The number of carbonyl (C=O) groups is 2. The van der Waals surface area contributed by atoms with Gasteiger partial charge in [-0.3, -0.25) is 14.6 Å². The van der Waals surface area contributed by atoms with Gasteiger partial charge in [-0.2, -0.15) is 13.2 Å². The molecule has 1 saturated carbocycles. The average molecular weight is 666 g/mol. The molecule has 0 radical (unpaired) electrons. The predicted octanol–water partition coefficient (Wildman–Crippen LogP) is 8.29. The molecule has 3 aromatic rings. The van der Waals surface area contributed by atoms with E-state index < -0.39 is 29.2 Å². The Balaban J connectivity index is 1.52. The normalized spacial score (nSPS) is 17.9. The molecule has 1 aliphatic carbocycles. The topological polar surface area (TPSA) is 109 Å². The first-order valence-electron chi connectivity index (χ1n) is 15.1. The van der Waals surface area contributed by atoms with Crippen LogP contribution in [0.15, 0.2) is 99.2 Å². The number of hydrogen-bond acceptors (Lipinski definition) is 5. The van der Waals surface area contributed by atoms with E-state index in [9.17, 15) is 27.9 Å². The van der Waals surface area contributed by atoms with Crippen molar-refractivity contribution in [1.82, 2.24) is 4.90 Å². The molecule has 1 aliphatic heterocycles. The monoisotopic (exact) mass is 665 g/mol. The molecule has 0 spiro atoms. The fraction of sp³-hybridized carbons (Fsp3) is 0.306. The van der Waals surface area contributed by atoms with Gasteiger partial charge in [0.2, 0.25) is 5.76 Å². The second kappa shape index (κ2) is 13.3. The Kier molecular flexibility index (Phi) is 9.54. The first kappa shape index (κ1) is 33.8. The molecule has 1 unspecified atom stereocenters. The first-order chi connectivity index (χ1) is 22.1. The number of hydrogen-bond donors (Lipinski definition) is 2. The third-order valence-electron chi connectivity index (χ3n) is 8.44. The van der Waals surface area contributed by atoms with Crippen molar-refractivity contribution in [1.29, 1.82) is 0 Å². The second-order valence-electron chi connectivity index (χ2n) is 12.4. The van der Waals surface area contributed by atoms with Crippen molar-refractivity contribution in [2.75, 3.05) is 0 Å². The van der Waals surface area contributed by atoms with E-state index in [2.05, 4.69) is 4.99 Å². The maximum atomic E-state index is 14.4. The Morgan fingerprint density at radius 1 is 1.09 bits per heavy atom. The van der Waals surface area contributed by atoms with E-state index in [1.54, 1.807) is 68.6 Å². The van der Waals surface area contributed by atoms with Gasteiger partial charge in [0.25, 0.3) is 5.91 Å². The summed E-state index contributed by atoms with van der Waals surface area (Å²) in [5.41, 5.74) is 9.16. The fourth-order valence-corrected chi connectivity index (χ4v) is 5.49. The Hall–Kier alpha value is -4.57. The number of furan rings is 1. The van der Waals surface area contributed by atoms with Crippen LogP contribution >= 0.6 is 11.6 Å². The van der Waals surface area contributed by atoms with Crippen LogP contribution in [0.25, 0.3) is 11.1 Å². The quantitative estimate of drug-likeness (QED) is 0.212. The number of carboxylic acids is 1. The van der Waals surface area contributed by atoms with Crippen LogP contribution in [0.3, 0.4) is 0 Å². The summed E-state index contributed by atoms with van der Waals surface area (Å²) in [6, 6.07) is 14.4. The zero-order valence-corrected chi connectivity index (χ0v) is 26.9. The van der Waals surface area contributed by atoms with Crippen molar-refractivity contribution in [2.45, 2.75) is 58.3 Å². The Bertz CT molecular complexity index is 1820.